The molecule has 2 aromatic carbocycles. The van der Waals surface area contributed by atoms with Gasteiger partial charge in [0.05, 0.1) is 18.8 Å². The van der Waals surface area contributed by atoms with Gasteiger partial charge in [-0.1, -0.05) is 31.2 Å². The number of para-hydroxylation sites is 2. The first-order chi connectivity index (χ1) is 10.7. The summed E-state index contributed by atoms with van der Waals surface area (Å²) >= 11 is 0. The normalized spacial score (nSPS) is 10.1. The third kappa shape index (κ3) is 4.52. The van der Waals surface area contributed by atoms with Gasteiger partial charge in [-0.2, -0.15) is 0 Å². The molecule has 0 aliphatic heterocycles. The Morgan fingerprint density at radius 3 is 2.45 bits per heavy atom. The van der Waals surface area contributed by atoms with Gasteiger partial charge in [0.1, 0.15) is 5.75 Å². The smallest absolute Gasteiger partial charge is 0.243 e. The van der Waals surface area contributed by atoms with E-state index in [4.69, 9.17) is 4.74 Å². The molecule has 0 saturated carbocycles. The van der Waals surface area contributed by atoms with Crippen LogP contribution in [-0.4, -0.2) is 19.1 Å². The topological polar surface area (TPSA) is 50.4 Å². The van der Waals surface area contributed by atoms with Gasteiger partial charge >= 0.3 is 0 Å². The van der Waals surface area contributed by atoms with Gasteiger partial charge in [0.2, 0.25) is 5.91 Å². The monoisotopic (exact) mass is 298 g/mol. The molecule has 4 nitrogen and oxygen atoms in total. The molecule has 0 bridgehead atoms. The van der Waals surface area contributed by atoms with Crippen LogP contribution in [0.15, 0.2) is 48.5 Å². The Bertz CT molecular complexity index is 609. The first-order valence-corrected chi connectivity index (χ1v) is 7.57. The van der Waals surface area contributed by atoms with E-state index in [1.165, 1.54) is 5.56 Å². The van der Waals surface area contributed by atoms with Crippen LogP contribution in [0.4, 0.5) is 11.4 Å². The fourth-order valence-corrected chi connectivity index (χ4v) is 2.09. The second-order valence-electron chi connectivity index (χ2n) is 4.88. The fourth-order valence-electron chi connectivity index (χ4n) is 2.09. The molecular formula is C18H22N2O2. The summed E-state index contributed by atoms with van der Waals surface area (Å²) in [6.45, 7) is 4.81. The molecule has 2 rings (SSSR count). The predicted molar refractivity (Wildman–Crippen MR) is 90.6 cm³/mol. The van der Waals surface area contributed by atoms with E-state index in [0.29, 0.717) is 18.0 Å². The number of carbonyl (C=O) groups is 1. The van der Waals surface area contributed by atoms with Crippen molar-refractivity contribution in [1.82, 2.24) is 0 Å². The molecule has 2 aromatic rings. The number of benzene rings is 2. The quantitative estimate of drug-likeness (QED) is 0.819. The predicted octanol–water partition coefficient (Wildman–Crippen LogP) is 3.70. The molecule has 4 heteroatoms. The number of nitrogens with one attached hydrogen (secondary N) is 2. The maximum Gasteiger partial charge on any atom is 0.243 e. The van der Waals surface area contributed by atoms with Gasteiger partial charge in [0, 0.05) is 5.69 Å². The number of carbonyl (C=O) groups excluding carboxylic acids is 1. The zero-order valence-electron chi connectivity index (χ0n) is 13.1. The molecule has 0 aliphatic rings. The van der Waals surface area contributed by atoms with E-state index in [-0.39, 0.29) is 12.5 Å². The molecule has 1 amide bonds. The van der Waals surface area contributed by atoms with E-state index >= 15 is 0 Å². The van der Waals surface area contributed by atoms with Crippen molar-refractivity contribution in [3.63, 3.8) is 0 Å². The number of amides is 1. The van der Waals surface area contributed by atoms with Crippen LogP contribution in [0.1, 0.15) is 19.4 Å². The minimum Gasteiger partial charge on any atom is -0.492 e. The van der Waals surface area contributed by atoms with Crippen LogP contribution in [0.25, 0.3) is 0 Å². The molecule has 0 unspecified atom stereocenters. The summed E-state index contributed by atoms with van der Waals surface area (Å²) in [6, 6.07) is 15.5. The van der Waals surface area contributed by atoms with Crippen LogP contribution in [0.3, 0.4) is 0 Å². The summed E-state index contributed by atoms with van der Waals surface area (Å²) in [4.78, 5) is 12.0. The number of anilines is 2. The average molecular weight is 298 g/mol. The van der Waals surface area contributed by atoms with E-state index in [1.807, 2.05) is 43.3 Å². The highest BCUT2D eigenvalue weighted by molar-refractivity contribution is 5.95. The third-order valence-electron chi connectivity index (χ3n) is 3.28. The lowest BCUT2D eigenvalue weighted by molar-refractivity contribution is -0.114. The van der Waals surface area contributed by atoms with Gasteiger partial charge in [-0.3, -0.25) is 4.79 Å². The van der Waals surface area contributed by atoms with Crippen molar-refractivity contribution in [3.8, 4) is 5.75 Å². The Morgan fingerprint density at radius 2 is 1.77 bits per heavy atom. The van der Waals surface area contributed by atoms with Crippen LogP contribution >= 0.6 is 0 Å². The zero-order valence-corrected chi connectivity index (χ0v) is 13.1. The Kier molecular flexibility index (Phi) is 5.83. The second kappa shape index (κ2) is 8.08. The molecule has 116 valence electrons. The maximum atomic E-state index is 12.0. The van der Waals surface area contributed by atoms with Gasteiger partial charge in [-0.15, -0.1) is 0 Å². The second-order valence-corrected chi connectivity index (χ2v) is 4.88. The highest BCUT2D eigenvalue weighted by atomic mass is 16.5. The molecular weight excluding hydrogens is 276 g/mol. The van der Waals surface area contributed by atoms with Crippen LogP contribution in [0.2, 0.25) is 0 Å². The average Bonchev–Trinajstić information content (AvgIpc) is 2.55. The molecule has 0 aliphatic carbocycles. The molecule has 0 fully saturated rings. The third-order valence-corrected chi connectivity index (χ3v) is 3.28. The largest absolute Gasteiger partial charge is 0.492 e. The van der Waals surface area contributed by atoms with E-state index in [9.17, 15) is 4.79 Å². The zero-order chi connectivity index (χ0) is 15.8. The molecule has 0 spiro atoms. The summed E-state index contributed by atoms with van der Waals surface area (Å²) < 4.78 is 5.49. The first-order valence-electron chi connectivity index (χ1n) is 7.57. The lowest BCUT2D eigenvalue weighted by atomic mass is 10.1. The van der Waals surface area contributed by atoms with E-state index in [1.54, 1.807) is 0 Å². The summed E-state index contributed by atoms with van der Waals surface area (Å²) in [5, 5.41) is 5.98. The van der Waals surface area contributed by atoms with Gasteiger partial charge in [-0.25, -0.2) is 0 Å². The summed E-state index contributed by atoms with van der Waals surface area (Å²) in [7, 11) is 0. The first kappa shape index (κ1) is 15.9. The highest BCUT2D eigenvalue weighted by Crippen LogP contribution is 2.23. The van der Waals surface area contributed by atoms with Crippen LogP contribution in [-0.2, 0) is 11.2 Å². The minimum absolute atomic E-state index is 0.105. The van der Waals surface area contributed by atoms with Gasteiger partial charge < -0.3 is 15.4 Å². The van der Waals surface area contributed by atoms with E-state index < -0.39 is 0 Å². The van der Waals surface area contributed by atoms with Crippen molar-refractivity contribution in [2.75, 3.05) is 23.8 Å². The van der Waals surface area contributed by atoms with Crippen LogP contribution < -0.4 is 15.4 Å². The number of hydrogen-bond donors (Lipinski definition) is 2. The summed E-state index contributed by atoms with van der Waals surface area (Å²) in [5.74, 6) is 0.581. The molecule has 22 heavy (non-hydrogen) atoms. The molecule has 0 radical (unpaired) electrons. The molecule has 0 heterocycles. The maximum absolute atomic E-state index is 12.0. The highest BCUT2D eigenvalue weighted by Gasteiger charge is 2.07. The molecule has 2 N–H and O–H groups in total. The fraction of sp³-hybridized carbons (Fsp3) is 0.278. The SMILES string of the molecule is CCOc1ccccc1NC(=O)CNc1ccc(CC)cc1. The molecule has 0 aromatic heterocycles. The van der Waals surface area contributed by atoms with Crippen molar-refractivity contribution in [2.24, 2.45) is 0 Å². The number of rotatable bonds is 7. The summed E-state index contributed by atoms with van der Waals surface area (Å²) in [6.07, 6.45) is 1.01. The Balaban J connectivity index is 1.90. The Labute approximate surface area is 131 Å². The van der Waals surface area contributed by atoms with Crippen molar-refractivity contribution in [2.45, 2.75) is 20.3 Å². The minimum atomic E-state index is -0.105. The summed E-state index contributed by atoms with van der Waals surface area (Å²) in [5.41, 5.74) is 2.91. The van der Waals surface area contributed by atoms with Gasteiger partial charge in [0.15, 0.2) is 0 Å². The van der Waals surface area contributed by atoms with E-state index in [0.717, 1.165) is 12.1 Å². The number of aryl methyl sites for hydroxylation is 1. The standard InChI is InChI=1S/C18H22N2O2/c1-3-14-9-11-15(12-10-14)19-13-18(21)20-16-7-5-6-8-17(16)22-4-2/h5-12,19H,3-4,13H2,1-2H3,(H,20,21). The number of ether oxygens (including phenoxy) is 1. The van der Waals surface area contributed by atoms with Crippen molar-refractivity contribution in [3.05, 3.63) is 54.1 Å². The van der Waals surface area contributed by atoms with Gasteiger partial charge in [-0.05, 0) is 43.2 Å². The molecule has 0 atom stereocenters. The Morgan fingerprint density at radius 1 is 1.05 bits per heavy atom. The van der Waals surface area contributed by atoms with Crippen molar-refractivity contribution < 1.29 is 9.53 Å². The lowest BCUT2D eigenvalue weighted by Crippen LogP contribution is -2.22. The Hall–Kier alpha value is -2.49. The van der Waals surface area contributed by atoms with E-state index in [2.05, 4.69) is 29.7 Å². The molecule has 0 saturated heterocycles. The number of hydrogen-bond acceptors (Lipinski definition) is 3. The van der Waals surface area contributed by atoms with Crippen LogP contribution in [0, 0.1) is 0 Å². The van der Waals surface area contributed by atoms with Crippen molar-refractivity contribution in [1.29, 1.82) is 0 Å². The van der Waals surface area contributed by atoms with Gasteiger partial charge in [0.25, 0.3) is 0 Å². The van der Waals surface area contributed by atoms with Crippen molar-refractivity contribution >= 4 is 17.3 Å². The lowest BCUT2D eigenvalue weighted by Gasteiger charge is -2.12. The van der Waals surface area contributed by atoms with Crippen LogP contribution in [0.5, 0.6) is 5.75 Å².